The number of nitrogens with two attached hydrogens (primary N) is 1. The van der Waals surface area contributed by atoms with Gasteiger partial charge in [-0.25, -0.2) is 0 Å². The first kappa shape index (κ1) is 19.6. The first-order valence-electron chi connectivity index (χ1n) is 8.42. The van der Waals surface area contributed by atoms with E-state index in [0.29, 0.717) is 22.1 Å². The predicted molar refractivity (Wildman–Crippen MR) is 93.9 cm³/mol. The van der Waals surface area contributed by atoms with Crippen molar-refractivity contribution in [3.8, 4) is 16.3 Å². The molecule has 1 amide bonds. The van der Waals surface area contributed by atoms with Gasteiger partial charge >= 0.3 is 6.36 Å². The maximum absolute atomic E-state index is 12.4. The molecule has 1 aromatic heterocycles. The predicted octanol–water partition coefficient (Wildman–Crippen LogP) is 3.19. The molecule has 2 aromatic rings. The van der Waals surface area contributed by atoms with E-state index in [-0.39, 0.29) is 17.6 Å². The summed E-state index contributed by atoms with van der Waals surface area (Å²) in [6.07, 6.45) is -2.31. The largest absolute Gasteiger partial charge is 0.573 e. The number of carbonyl (C=O) groups excluding carboxylic acids is 1. The summed E-state index contributed by atoms with van der Waals surface area (Å²) < 4.78 is 41.2. The topological polar surface area (TPSA) is 90.1 Å². The van der Waals surface area contributed by atoms with E-state index in [4.69, 9.17) is 5.73 Å². The van der Waals surface area contributed by atoms with E-state index in [1.165, 1.54) is 36.5 Å². The Balaban J connectivity index is 1.83. The van der Waals surface area contributed by atoms with Gasteiger partial charge in [-0.3, -0.25) is 4.79 Å². The number of halogens is 3. The van der Waals surface area contributed by atoms with Crippen molar-refractivity contribution in [3.05, 3.63) is 29.3 Å². The highest BCUT2D eigenvalue weighted by Gasteiger charge is 2.58. The first-order valence-corrected chi connectivity index (χ1v) is 9.24. The molecule has 0 spiro atoms. The van der Waals surface area contributed by atoms with Crippen LogP contribution in [0.1, 0.15) is 31.2 Å². The summed E-state index contributed by atoms with van der Waals surface area (Å²) in [5.74, 6) is -0.256. The quantitative estimate of drug-likeness (QED) is 0.745. The van der Waals surface area contributed by atoms with Gasteiger partial charge in [-0.1, -0.05) is 23.5 Å². The number of alkyl halides is 3. The van der Waals surface area contributed by atoms with Crippen LogP contribution < -0.4 is 15.8 Å². The fourth-order valence-corrected chi connectivity index (χ4v) is 4.25. The summed E-state index contributed by atoms with van der Waals surface area (Å²) in [6, 6.07) is 5.59. The van der Waals surface area contributed by atoms with Crippen molar-refractivity contribution in [1.29, 1.82) is 0 Å². The fourth-order valence-electron chi connectivity index (χ4n) is 3.17. The molecule has 10 heteroatoms. The van der Waals surface area contributed by atoms with Crippen LogP contribution in [0, 0.1) is 5.92 Å². The van der Waals surface area contributed by atoms with Gasteiger partial charge in [0.2, 0.25) is 5.91 Å². The zero-order valence-corrected chi connectivity index (χ0v) is 15.4. The summed E-state index contributed by atoms with van der Waals surface area (Å²) in [4.78, 5) is 11.6. The smallest absolute Gasteiger partial charge is 0.406 e. The van der Waals surface area contributed by atoms with Crippen molar-refractivity contribution in [2.75, 3.05) is 6.54 Å². The summed E-state index contributed by atoms with van der Waals surface area (Å²) in [7, 11) is 0. The van der Waals surface area contributed by atoms with Crippen molar-refractivity contribution in [2.45, 2.75) is 38.1 Å². The Kier molecular flexibility index (Phi) is 5.38. The van der Waals surface area contributed by atoms with Crippen molar-refractivity contribution >= 4 is 17.2 Å². The number of hydrogen-bond donors (Lipinski definition) is 2. The Morgan fingerprint density at radius 2 is 2.22 bits per heavy atom. The molecule has 146 valence electrons. The van der Waals surface area contributed by atoms with Gasteiger partial charge in [0.05, 0.1) is 5.54 Å². The van der Waals surface area contributed by atoms with Crippen LogP contribution in [-0.4, -0.2) is 29.0 Å². The minimum atomic E-state index is -4.76. The zero-order chi connectivity index (χ0) is 19.7. The number of aromatic nitrogens is 2. The summed E-state index contributed by atoms with van der Waals surface area (Å²) in [5, 5.41) is 12.4. The monoisotopic (exact) mass is 400 g/mol. The summed E-state index contributed by atoms with van der Waals surface area (Å²) in [6.45, 7) is 2.01. The Labute approximate surface area is 157 Å². The van der Waals surface area contributed by atoms with Crippen LogP contribution in [0.3, 0.4) is 0 Å². The Morgan fingerprint density at radius 3 is 2.89 bits per heavy atom. The maximum atomic E-state index is 12.4. The molecule has 2 atom stereocenters. The average molecular weight is 400 g/mol. The average Bonchev–Trinajstić information content (AvgIpc) is 3.03. The fraction of sp³-hybridized carbons (Fsp3) is 0.471. The van der Waals surface area contributed by atoms with Crippen molar-refractivity contribution in [1.82, 2.24) is 15.5 Å². The van der Waals surface area contributed by atoms with E-state index in [9.17, 15) is 18.0 Å². The Bertz CT molecular complexity index is 827. The number of ether oxygens (including phenoxy) is 1. The minimum Gasteiger partial charge on any atom is -0.406 e. The first-order chi connectivity index (χ1) is 12.7. The highest BCUT2D eigenvalue weighted by atomic mass is 32.1. The van der Waals surface area contributed by atoms with Gasteiger partial charge in [0, 0.05) is 12.5 Å². The van der Waals surface area contributed by atoms with Gasteiger partial charge in [-0.15, -0.1) is 23.4 Å². The SMILES string of the molecule is CC(=O)NC1(c2nnc(-c3cccc(OC(F)(F)F)c3)s2)CC1CCCN. The third kappa shape index (κ3) is 4.56. The van der Waals surface area contributed by atoms with E-state index in [0.717, 1.165) is 19.3 Å². The summed E-state index contributed by atoms with van der Waals surface area (Å²) >= 11 is 1.26. The van der Waals surface area contributed by atoms with E-state index in [2.05, 4.69) is 20.3 Å². The molecule has 1 aliphatic carbocycles. The van der Waals surface area contributed by atoms with E-state index in [1.54, 1.807) is 6.07 Å². The van der Waals surface area contributed by atoms with Crippen molar-refractivity contribution < 1.29 is 22.7 Å². The highest BCUT2D eigenvalue weighted by Crippen LogP contribution is 2.55. The number of nitrogens with zero attached hydrogens (tertiary/aromatic N) is 2. The molecule has 1 fully saturated rings. The summed E-state index contributed by atoms with van der Waals surface area (Å²) in [5.41, 5.74) is 5.48. The van der Waals surface area contributed by atoms with Gasteiger partial charge in [-0.05, 0) is 43.9 Å². The van der Waals surface area contributed by atoms with Crippen LogP contribution in [-0.2, 0) is 10.3 Å². The van der Waals surface area contributed by atoms with Crippen molar-refractivity contribution in [2.24, 2.45) is 11.7 Å². The van der Waals surface area contributed by atoms with Crippen LogP contribution in [0.15, 0.2) is 24.3 Å². The molecule has 0 bridgehead atoms. The van der Waals surface area contributed by atoms with Crippen LogP contribution in [0.5, 0.6) is 5.75 Å². The molecule has 1 aliphatic rings. The second-order valence-corrected chi connectivity index (χ2v) is 7.45. The molecule has 3 N–H and O–H groups in total. The molecule has 0 saturated heterocycles. The van der Waals surface area contributed by atoms with Gasteiger partial charge in [-0.2, -0.15) is 0 Å². The number of hydrogen-bond acceptors (Lipinski definition) is 6. The molecule has 3 rings (SSSR count). The maximum Gasteiger partial charge on any atom is 0.573 e. The molecular formula is C17H19F3N4O2S. The lowest BCUT2D eigenvalue weighted by Gasteiger charge is -2.15. The Hall–Kier alpha value is -2.20. The van der Waals surface area contributed by atoms with Crippen LogP contribution in [0.25, 0.3) is 10.6 Å². The van der Waals surface area contributed by atoms with Crippen LogP contribution in [0.4, 0.5) is 13.2 Å². The molecule has 27 heavy (non-hydrogen) atoms. The third-order valence-electron chi connectivity index (χ3n) is 4.38. The normalized spacial score (nSPS) is 21.7. The van der Waals surface area contributed by atoms with Gasteiger partial charge in [0.15, 0.2) is 0 Å². The molecule has 1 saturated carbocycles. The lowest BCUT2D eigenvalue weighted by atomic mass is 10.1. The van der Waals surface area contributed by atoms with E-state index >= 15 is 0 Å². The Morgan fingerprint density at radius 1 is 1.44 bits per heavy atom. The molecule has 0 aliphatic heterocycles. The zero-order valence-electron chi connectivity index (χ0n) is 14.5. The van der Waals surface area contributed by atoms with E-state index < -0.39 is 11.9 Å². The van der Waals surface area contributed by atoms with Gasteiger partial charge < -0.3 is 15.8 Å². The number of amides is 1. The van der Waals surface area contributed by atoms with Crippen molar-refractivity contribution in [3.63, 3.8) is 0 Å². The number of benzene rings is 1. The number of rotatable bonds is 7. The lowest BCUT2D eigenvalue weighted by molar-refractivity contribution is -0.274. The molecule has 6 nitrogen and oxygen atoms in total. The lowest BCUT2D eigenvalue weighted by Crippen LogP contribution is -2.35. The molecular weight excluding hydrogens is 381 g/mol. The van der Waals surface area contributed by atoms with Gasteiger partial charge in [0.1, 0.15) is 15.8 Å². The number of nitrogens with one attached hydrogen (secondary N) is 1. The van der Waals surface area contributed by atoms with Gasteiger partial charge in [0.25, 0.3) is 0 Å². The molecule has 2 unspecified atom stereocenters. The molecule has 0 radical (unpaired) electrons. The van der Waals surface area contributed by atoms with E-state index in [1.807, 2.05) is 0 Å². The second-order valence-electron chi connectivity index (χ2n) is 6.47. The minimum absolute atomic E-state index is 0.164. The highest BCUT2D eigenvalue weighted by molar-refractivity contribution is 7.14. The second kappa shape index (κ2) is 7.43. The molecule has 1 heterocycles. The van der Waals surface area contributed by atoms with Crippen LogP contribution >= 0.6 is 11.3 Å². The third-order valence-corrected chi connectivity index (χ3v) is 5.53. The number of carbonyl (C=O) groups is 1. The van der Waals surface area contributed by atoms with Crippen LogP contribution in [0.2, 0.25) is 0 Å². The molecule has 1 aromatic carbocycles. The standard InChI is InChI=1S/C17H19F3N4O2S/c1-10(25)22-16(9-12(16)5-3-7-21)15-24-23-14(27-15)11-4-2-6-13(8-11)26-17(18,19)20/h2,4,6,8,12H,3,5,7,9,21H2,1H3,(H,22,25).